The van der Waals surface area contributed by atoms with Crippen molar-refractivity contribution in [1.82, 2.24) is 4.90 Å². The van der Waals surface area contributed by atoms with Gasteiger partial charge in [0.1, 0.15) is 0 Å². The first-order valence-corrected chi connectivity index (χ1v) is 9.31. The molecule has 1 aliphatic rings. The van der Waals surface area contributed by atoms with Crippen LogP contribution >= 0.6 is 23.2 Å². The van der Waals surface area contributed by atoms with E-state index in [1.807, 2.05) is 30.3 Å². The minimum atomic E-state index is -0.0679. The smallest absolute Gasteiger partial charge is 0.246 e. The summed E-state index contributed by atoms with van der Waals surface area (Å²) in [4.78, 5) is 26.7. The minimum Gasteiger partial charge on any atom is -0.339 e. The van der Waals surface area contributed by atoms with E-state index in [1.165, 1.54) is 6.08 Å². The molecule has 0 aromatic heterocycles. The Labute approximate surface area is 163 Å². The number of carbonyl (C=O) groups excluding carboxylic acids is 2. The number of hydrogen-bond acceptors (Lipinski definition) is 2. The number of hydrogen-bond donors (Lipinski definition) is 0. The van der Waals surface area contributed by atoms with Crippen molar-refractivity contribution in [2.24, 2.45) is 5.92 Å². The highest BCUT2D eigenvalue weighted by molar-refractivity contribution is 6.35. The fourth-order valence-electron chi connectivity index (χ4n) is 3.10. The van der Waals surface area contributed by atoms with Gasteiger partial charge in [-0.05, 0) is 36.6 Å². The molecule has 0 N–H and O–H groups in total. The summed E-state index contributed by atoms with van der Waals surface area (Å²) >= 11 is 12.0. The lowest BCUT2D eigenvalue weighted by Crippen LogP contribution is -2.39. The summed E-state index contributed by atoms with van der Waals surface area (Å²) in [7, 11) is 0. The van der Waals surface area contributed by atoms with E-state index in [0.29, 0.717) is 36.0 Å². The van der Waals surface area contributed by atoms with E-state index in [9.17, 15) is 9.59 Å². The van der Waals surface area contributed by atoms with Crippen LogP contribution in [0.2, 0.25) is 10.0 Å². The monoisotopic (exact) mass is 387 g/mol. The molecule has 0 spiro atoms. The molecule has 3 nitrogen and oxygen atoms in total. The van der Waals surface area contributed by atoms with Gasteiger partial charge in [-0.15, -0.1) is 0 Å². The molecule has 134 valence electrons. The van der Waals surface area contributed by atoms with Gasteiger partial charge in [-0.2, -0.15) is 0 Å². The maximum absolute atomic E-state index is 12.5. The summed E-state index contributed by atoms with van der Waals surface area (Å²) < 4.78 is 0. The molecule has 5 heteroatoms. The molecule has 0 radical (unpaired) electrons. The second-order valence-corrected chi connectivity index (χ2v) is 7.17. The third-order valence-corrected chi connectivity index (χ3v) is 5.17. The topological polar surface area (TPSA) is 37.4 Å². The van der Waals surface area contributed by atoms with E-state index in [1.54, 1.807) is 29.2 Å². The Balaban J connectivity index is 1.56. The average Bonchev–Trinajstić information content (AvgIpc) is 2.67. The van der Waals surface area contributed by atoms with E-state index in [-0.39, 0.29) is 17.6 Å². The highest BCUT2D eigenvalue weighted by Crippen LogP contribution is 2.24. The molecule has 2 aromatic carbocycles. The van der Waals surface area contributed by atoms with E-state index in [4.69, 9.17) is 23.2 Å². The molecule has 26 heavy (non-hydrogen) atoms. The Morgan fingerprint density at radius 3 is 2.35 bits per heavy atom. The van der Waals surface area contributed by atoms with Crippen molar-refractivity contribution >= 4 is 41.0 Å². The Hall–Kier alpha value is -2.10. The summed E-state index contributed by atoms with van der Waals surface area (Å²) in [6.45, 7) is 1.17. The molecular weight excluding hydrogens is 369 g/mol. The molecule has 2 aromatic rings. The number of halogens is 2. The van der Waals surface area contributed by atoms with Crippen LogP contribution in [0.4, 0.5) is 0 Å². The Bertz CT molecular complexity index is 825. The van der Waals surface area contributed by atoms with Crippen LogP contribution in [0.25, 0.3) is 6.08 Å². The minimum absolute atomic E-state index is 0.0175. The molecule has 1 amide bonds. The number of nitrogens with zero attached hydrogens (tertiary/aromatic N) is 1. The van der Waals surface area contributed by atoms with Gasteiger partial charge in [0.05, 0.1) is 0 Å². The van der Waals surface area contributed by atoms with Gasteiger partial charge in [-0.1, -0.05) is 59.6 Å². The van der Waals surface area contributed by atoms with Gasteiger partial charge in [0.25, 0.3) is 0 Å². The number of ketones is 1. The molecular formula is C21H19Cl2NO2. The maximum Gasteiger partial charge on any atom is 0.246 e. The highest BCUT2D eigenvalue weighted by atomic mass is 35.5. The summed E-state index contributed by atoms with van der Waals surface area (Å²) in [5, 5.41) is 1.07. The molecule has 1 aliphatic heterocycles. The van der Waals surface area contributed by atoms with Gasteiger partial charge in [0, 0.05) is 40.7 Å². The zero-order valence-corrected chi connectivity index (χ0v) is 15.7. The number of piperidine rings is 1. The van der Waals surface area contributed by atoms with Crippen molar-refractivity contribution in [3.05, 3.63) is 75.8 Å². The van der Waals surface area contributed by atoms with E-state index in [0.717, 1.165) is 11.1 Å². The van der Waals surface area contributed by atoms with Crippen molar-refractivity contribution in [3.63, 3.8) is 0 Å². The SMILES string of the molecule is O=C(c1ccccc1)C1CCN(C(=O)/C=C/c2ccc(Cl)cc2Cl)CC1. The Morgan fingerprint density at radius 1 is 1.00 bits per heavy atom. The standard InChI is InChI=1S/C21H19Cl2NO2/c22-18-8-6-15(19(23)14-18)7-9-20(25)24-12-10-17(11-13-24)21(26)16-4-2-1-3-5-16/h1-9,14,17H,10-13H2/b9-7+. The zero-order valence-electron chi connectivity index (χ0n) is 14.2. The molecule has 0 bridgehead atoms. The van der Waals surface area contributed by atoms with Crippen LogP contribution in [-0.2, 0) is 4.79 Å². The quantitative estimate of drug-likeness (QED) is 0.538. The third kappa shape index (κ3) is 4.54. The summed E-state index contributed by atoms with van der Waals surface area (Å²) in [5.74, 6) is 0.0824. The number of amides is 1. The van der Waals surface area contributed by atoms with E-state index < -0.39 is 0 Å². The molecule has 0 unspecified atom stereocenters. The predicted molar refractivity (Wildman–Crippen MR) is 106 cm³/mol. The summed E-state index contributed by atoms with van der Waals surface area (Å²) in [6.07, 6.45) is 4.60. The maximum atomic E-state index is 12.5. The largest absolute Gasteiger partial charge is 0.339 e. The third-order valence-electron chi connectivity index (χ3n) is 4.60. The fourth-order valence-corrected chi connectivity index (χ4v) is 3.57. The van der Waals surface area contributed by atoms with Crippen LogP contribution < -0.4 is 0 Å². The molecule has 3 rings (SSSR count). The van der Waals surface area contributed by atoms with E-state index in [2.05, 4.69) is 0 Å². The lowest BCUT2D eigenvalue weighted by atomic mass is 9.89. The number of carbonyl (C=O) groups is 2. The van der Waals surface area contributed by atoms with Crippen LogP contribution in [0, 0.1) is 5.92 Å². The van der Waals surface area contributed by atoms with Crippen LogP contribution in [0.1, 0.15) is 28.8 Å². The zero-order chi connectivity index (χ0) is 18.5. The van der Waals surface area contributed by atoms with Gasteiger partial charge in [-0.3, -0.25) is 9.59 Å². The molecule has 1 saturated heterocycles. The van der Waals surface area contributed by atoms with Crippen molar-refractivity contribution in [2.75, 3.05) is 13.1 Å². The Kier molecular flexibility index (Phi) is 6.12. The summed E-state index contributed by atoms with van der Waals surface area (Å²) in [5.41, 5.74) is 1.49. The van der Waals surface area contributed by atoms with Crippen LogP contribution in [0.3, 0.4) is 0 Å². The number of Topliss-reactive ketones (excluding diaryl/α,β-unsaturated/α-hetero) is 1. The van der Waals surface area contributed by atoms with Crippen LogP contribution in [0.5, 0.6) is 0 Å². The van der Waals surface area contributed by atoms with Crippen molar-refractivity contribution in [3.8, 4) is 0 Å². The molecule has 0 saturated carbocycles. The first-order chi connectivity index (χ1) is 12.5. The van der Waals surface area contributed by atoms with Crippen LogP contribution in [0.15, 0.2) is 54.6 Å². The molecule has 1 heterocycles. The second-order valence-electron chi connectivity index (χ2n) is 6.33. The lowest BCUT2D eigenvalue weighted by molar-refractivity contribution is -0.127. The van der Waals surface area contributed by atoms with Gasteiger partial charge in [0.15, 0.2) is 5.78 Å². The van der Waals surface area contributed by atoms with E-state index >= 15 is 0 Å². The fraction of sp³-hybridized carbons (Fsp3) is 0.238. The van der Waals surface area contributed by atoms with Gasteiger partial charge >= 0.3 is 0 Å². The molecule has 0 atom stereocenters. The number of rotatable bonds is 4. The van der Waals surface area contributed by atoms with Gasteiger partial charge in [-0.25, -0.2) is 0 Å². The summed E-state index contributed by atoms with van der Waals surface area (Å²) in [6, 6.07) is 14.5. The first-order valence-electron chi connectivity index (χ1n) is 8.56. The average molecular weight is 388 g/mol. The predicted octanol–water partition coefficient (Wildman–Crippen LogP) is 5.13. The van der Waals surface area contributed by atoms with Crippen molar-refractivity contribution in [1.29, 1.82) is 0 Å². The van der Waals surface area contributed by atoms with Crippen molar-refractivity contribution < 1.29 is 9.59 Å². The van der Waals surface area contributed by atoms with Crippen molar-refractivity contribution in [2.45, 2.75) is 12.8 Å². The first kappa shape index (κ1) is 18.7. The molecule has 1 fully saturated rings. The van der Waals surface area contributed by atoms with Gasteiger partial charge in [0.2, 0.25) is 5.91 Å². The van der Waals surface area contributed by atoms with Gasteiger partial charge < -0.3 is 4.90 Å². The number of benzene rings is 2. The highest BCUT2D eigenvalue weighted by Gasteiger charge is 2.27. The lowest BCUT2D eigenvalue weighted by Gasteiger charge is -2.30. The second kappa shape index (κ2) is 8.52. The normalized spacial score (nSPS) is 15.4. The molecule has 0 aliphatic carbocycles. The van der Waals surface area contributed by atoms with Crippen LogP contribution in [-0.4, -0.2) is 29.7 Å². The number of likely N-dealkylation sites (tertiary alicyclic amines) is 1. The Morgan fingerprint density at radius 2 is 1.69 bits per heavy atom.